The number of carbonyl (C=O) groups excluding carboxylic acids is 2. The highest BCUT2D eigenvalue weighted by Gasteiger charge is 2.37. The minimum absolute atomic E-state index is 0.0486. The molecule has 7 nitrogen and oxygen atoms in total. The second-order valence-electron chi connectivity index (χ2n) is 6.41. The van der Waals surface area contributed by atoms with Crippen molar-refractivity contribution in [1.82, 2.24) is 15.3 Å². The van der Waals surface area contributed by atoms with E-state index in [4.69, 9.17) is 17.0 Å². The third-order valence-electron chi connectivity index (χ3n) is 4.02. The Labute approximate surface area is 151 Å². The van der Waals surface area contributed by atoms with Gasteiger partial charge in [0.1, 0.15) is 5.69 Å². The van der Waals surface area contributed by atoms with Crippen LogP contribution in [0.4, 0.5) is 5.95 Å². The maximum absolute atomic E-state index is 12.4. The predicted octanol–water partition coefficient (Wildman–Crippen LogP) is 2.52. The van der Waals surface area contributed by atoms with Gasteiger partial charge in [-0.15, -0.1) is 0 Å². The minimum Gasteiger partial charge on any atom is -0.350 e. The molecule has 0 saturated heterocycles. The van der Waals surface area contributed by atoms with Gasteiger partial charge in [0.05, 0.1) is 0 Å². The number of aromatic nitrogens is 2. The van der Waals surface area contributed by atoms with Gasteiger partial charge in [0.25, 0.3) is 5.91 Å². The van der Waals surface area contributed by atoms with Crippen molar-refractivity contribution in [2.45, 2.75) is 27.7 Å². The Bertz CT molecular complexity index is 733. The van der Waals surface area contributed by atoms with Crippen molar-refractivity contribution in [3.8, 4) is 0 Å². The fraction of sp³-hybridized carbons (Fsp3) is 0.471. The summed E-state index contributed by atoms with van der Waals surface area (Å²) in [6.45, 7) is 7.45. The summed E-state index contributed by atoms with van der Waals surface area (Å²) in [5.41, 5.74) is 1.80. The van der Waals surface area contributed by atoms with Crippen LogP contribution in [-0.4, -0.2) is 34.5 Å². The molecular weight excluding hydrogens is 342 g/mol. The second kappa shape index (κ2) is 7.74. The fourth-order valence-electron chi connectivity index (χ4n) is 2.40. The van der Waals surface area contributed by atoms with Gasteiger partial charge in [-0.2, -0.15) is 0 Å². The van der Waals surface area contributed by atoms with E-state index in [9.17, 15) is 9.59 Å². The molecule has 1 aromatic heterocycles. The van der Waals surface area contributed by atoms with E-state index in [2.05, 4.69) is 20.6 Å². The molecule has 3 N–H and O–H groups in total. The number of hydrogen-bond donors (Lipinski definition) is 3. The number of aryl methyl sites for hydroxylation is 1. The first kappa shape index (κ1) is 19.1. The van der Waals surface area contributed by atoms with Crippen LogP contribution in [0.3, 0.4) is 0 Å². The molecule has 2 rings (SSSR count). The molecule has 0 fully saturated rings. The molecule has 1 aliphatic rings. The zero-order valence-corrected chi connectivity index (χ0v) is 15.4. The molecule has 0 spiro atoms. The molecule has 0 bridgehead atoms. The van der Waals surface area contributed by atoms with Crippen LogP contribution in [0.15, 0.2) is 16.7 Å². The van der Waals surface area contributed by atoms with E-state index in [1.54, 1.807) is 26.8 Å². The number of carbonyl (C=O) groups is 2. The lowest BCUT2D eigenvalue weighted by molar-refractivity contribution is -0.118. The first-order valence-corrected chi connectivity index (χ1v) is 8.43. The first-order chi connectivity index (χ1) is 11.7. The molecule has 0 aliphatic heterocycles. The molecule has 1 aliphatic carbocycles. The Kier molecular flexibility index (Phi) is 5.89. The molecule has 8 heteroatoms. The highest BCUT2D eigenvalue weighted by atomic mass is 35.5. The zero-order chi connectivity index (χ0) is 18.7. The standard InChI is InChI=1S/C17H22ClN5O2/c1-8(2)15(24)23-17-21-9(3)5-12(22-17)16(25)20-7-11(6-19)13-10(4)14(13)18/h5-6,8,11,13,19H,7H2,1-4H3,(H,20,25)(H,21,22,23,24)/t11?,13-/m1/s1. The Morgan fingerprint density at radius 3 is 2.52 bits per heavy atom. The number of hydrogen-bond acceptors (Lipinski definition) is 5. The lowest BCUT2D eigenvalue weighted by atomic mass is 10.0. The van der Waals surface area contributed by atoms with Crippen LogP contribution in [0.1, 0.15) is 37.0 Å². The van der Waals surface area contributed by atoms with Crippen molar-refractivity contribution in [3.05, 3.63) is 28.1 Å². The third-order valence-corrected chi connectivity index (χ3v) is 4.55. The van der Waals surface area contributed by atoms with Gasteiger partial charge >= 0.3 is 0 Å². The number of nitrogens with one attached hydrogen (secondary N) is 3. The fourth-order valence-corrected chi connectivity index (χ4v) is 2.78. The lowest BCUT2D eigenvalue weighted by Crippen LogP contribution is -2.32. The van der Waals surface area contributed by atoms with Crippen LogP contribution in [0.5, 0.6) is 0 Å². The number of allylic oxidation sites excluding steroid dienone is 2. The molecule has 2 atom stereocenters. The monoisotopic (exact) mass is 363 g/mol. The summed E-state index contributed by atoms with van der Waals surface area (Å²) in [4.78, 5) is 32.4. The van der Waals surface area contributed by atoms with E-state index in [1.807, 2.05) is 6.92 Å². The van der Waals surface area contributed by atoms with Crippen LogP contribution in [-0.2, 0) is 4.79 Å². The van der Waals surface area contributed by atoms with Crippen molar-refractivity contribution in [2.75, 3.05) is 11.9 Å². The van der Waals surface area contributed by atoms with E-state index >= 15 is 0 Å². The second-order valence-corrected chi connectivity index (χ2v) is 6.82. The van der Waals surface area contributed by atoms with Gasteiger partial charge in [-0.1, -0.05) is 25.4 Å². The first-order valence-electron chi connectivity index (χ1n) is 8.06. The Hall–Kier alpha value is -2.28. The van der Waals surface area contributed by atoms with Crippen LogP contribution < -0.4 is 10.6 Å². The molecule has 134 valence electrons. The molecule has 0 aromatic carbocycles. The molecule has 1 heterocycles. The largest absolute Gasteiger partial charge is 0.350 e. The van der Waals surface area contributed by atoms with E-state index in [-0.39, 0.29) is 47.8 Å². The summed E-state index contributed by atoms with van der Waals surface area (Å²) in [5, 5.41) is 13.6. The van der Waals surface area contributed by atoms with Crippen molar-refractivity contribution < 1.29 is 9.59 Å². The summed E-state index contributed by atoms with van der Waals surface area (Å²) < 4.78 is 0. The quantitative estimate of drug-likeness (QED) is 0.647. The van der Waals surface area contributed by atoms with Crippen molar-refractivity contribution in [3.63, 3.8) is 0 Å². The van der Waals surface area contributed by atoms with Crippen molar-refractivity contribution in [1.29, 1.82) is 5.41 Å². The number of amides is 2. The molecule has 0 radical (unpaired) electrons. The summed E-state index contributed by atoms with van der Waals surface area (Å²) in [7, 11) is 0. The summed E-state index contributed by atoms with van der Waals surface area (Å²) in [6.07, 6.45) is 1.29. The van der Waals surface area contributed by atoms with E-state index in [0.29, 0.717) is 5.69 Å². The van der Waals surface area contributed by atoms with Gasteiger partial charge in [-0.05, 0) is 25.5 Å². The van der Waals surface area contributed by atoms with Crippen LogP contribution >= 0.6 is 11.6 Å². The van der Waals surface area contributed by atoms with Gasteiger partial charge in [0.2, 0.25) is 11.9 Å². The van der Waals surface area contributed by atoms with Crippen LogP contribution in [0, 0.1) is 30.1 Å². The number of anilines is 1. The Balaban J connectivity index is 2.02. The average molecular weight is 364 g/mol. The van der Waals surface area contributed by atoms with Crippen LogP contribution in [0.25, 0.3) is 0 Å². The maximum Gasteiger partial charge on any atom is 0.270 e. The smallest absolute Gasteiger partial charge is 0.270 e. The normalized spacial score (nSPS) is 17.3. The minimum atomic E-state index is -0.383. The van der Waals surface area contributed by atoms with E-state index in [0.717, 1.165) is 10.6 Å². The van der Waals surface area contributed by atoms with Gasteiger partial charge in [-0.3, -0.25) is 14.9 Å². The van der Waals surface area contributed by atoms with Crippen molar-refractivity contribution >= 4 is 35.6 Å². The molecule has 1 unspecified atom stereocenters. The maximum atomic E-state index is 12.4. The number of nitrogens with zero attached hydrogens (tertiary/aromatic N) is 2. The van der Waals surface area contributed by atoms with Gasteiger partial charge < -0.3 is 10.7 Å². The van der Waals surface area contributed by atoms with E-state index in [1.165, 1.54) is 6.21 Å². The zero-order valence-electron chi connectivity index (χ0n) is 14.7. The van der Waals surface area contributed by atoms with E-state index < -0.39 is 0 Å². The van der Waals surface area contributed by atoms with Crippen LogP contribution in [0.2, 0.25) is 0 Å². The Morgan fingerprint density at radius 1 is 1.36 bits per heavy atom. The Morgan fingerprint density at radius 2 is 2.00 bits per heavy atom. The third kappa shape index (κ3) is 4.63. The molecule has 2 amide bonds. The molecule has 25 heavy (non-hydrogen) atoms. The molecular formula is C17H22ClN5O2. The molecule has 0 saturated carbocycles. The van der Waals surface area contributed by atoms with Gasteiger partial charge in [0, 0.05) is 41.2 Å². The lowest BCUT2D eigenvalue weighted by Gasteiger charge is -2.13. The summed E-state index contributed by atoms with van der Waals surface area (Å²) >= 11 is 6.03. The summed E-state index contributed by atoms with van der Waals surface area (Å²) in [6, 6.07) is 1.55. The van der Waals surface area contributed by atoms with Gasteiger partial charge in [-0.25, -0.2) is 9.97 Å². The topological polar surface area (TPSA) is 108 Å². The highest BCUT2D eigenvalue weighted by Crippen LogP contribution is 2.46. The number of halogens is 1. The molecule has 1 aromatic rings. The highest BCUT2D eigenvalue weighted by molar-refractivity contribution is 6.33. The average Bonchev–Trinajstić information content (AvgIpc) is 3.14. The van der Waals surface area contributed by atoms with Gasteiger partial charge in [0.15, 0.2) is 0 Å². The predicted molar refractivity (Wildman–Crippen MR) is 96.9 cm³/mol. The SMILES string of the molecule is CC1=C(Cl)[C@H]1C(C=N)CNC(=O)c1cc(C)nc(NC(=O)C(C)C)n1. The summed E-state index contributed by atoms with van der Waals surface area (Å²) in [5.74, 6) is -0.825. The number of rotatable bonds is 7. The van der Waals surface area contributed by atoms with Crippen molar-refractivity contribution in [2.24, 2.45) is 17.8 Å².